The van der Waals surface area contributed by atoms with Gasteiger partial charge in [0.2, 0.25) is 5.95 Å². The molecule has 2 aromatic heterocycles. The number of hydrogen-bond acceptors (Lipinski definition) is 5. The van der Waals surface area contributed by atoms with Crippen molar-refractivity contribution in [3.63, 3.8) is 0 Å². The van der Waals surface area contributed by atoms with E-state index in [1.807, 2.05) is 34.4 Å². The summed E-state index contributed by atoms with van der Waals surface area (Å²) in [6.45, 7) is 3.26. The second kappa shape index (κ2) is 5.43. The Morgan fingerprint density at radius 3 is 2.90 bits per heavy atom. The molecule has 7 nitrogen and oxygen atoms in total. The predicted octanol–water partition coefficient (Wildman–Crippen LogP) is 1.58. The molecular weight excluding hydrogens is 268 g/mol. The highest BCUT2D eigenvalue weighted by molar-refractivity contribution is 5.84. The molecule has 0 amide bonds. The van der Waals surface area contributed by atoms with E-state index in [4.69, 9.17) is 10.5 Å². The van der Waals surface area contributed by atoms with Crippen molar-refractivity contribution >= 4 is 17.0 Å². The van der Waals surface area contributed by atoms with Crippen LogP contribution in [0.3, 0.4) is 0 Å². The van der Waals surface area contributed by atoms with Crippen molar-refractivity contribution in [2.75, 3.05) is 12.3 Å². The first-order valence-electron chi connectivity index (χ1n) is 6.91. The lowest BCUT2D eigenvalue weighted by molar-refractivity contribution is 0.320. The van der Waals surface area contributed by atoms with Gasteiger partial charge in [0.05, 0.1) is 18.7 Å². The predicted molar refractivity (Wildman–Crippen MR) is 80.0 cm³/mol. The number of anilines is 1. The number of fused-ring (bicyclic) bond motifs is 1. The molecule has 7 heteroatoms. The van der Waals surface area contributed by atoms with Crippen LogP contribution in [0, 0.1) is 0 Å². The van der Waals surface area contributed by atoms with Gasteiger partial charge in [0.15, 0.2) is 5.82 Å². The van der Waals surface area contributed by atoms with Gasteiger partial charge in [-0.3, -0.25) is 0 Å². The quantitative estimate of drug-likeness (QED) is 0.770. The van der Waals surface area contributed by atoms with Crippen molar-refractivity contribution in [3.05, 3.63) is 30.4 Å². The van der Waals surface area contributed by atoms with Crippen molar-refractivity contribution in [3.8, 4) is 5.75 Å². The number of nitrogens with two attached hydrogens (primary N) is 1. The maximum atomic E-state index is 6.06. The number of benzene rings is 1. The first-order chi connectivity index (χ1) is 10.2. The summed E-state index contributed by atoms with van der Waals surface area (Å²) in [7, 11) is 1.90. The molecule has 21 heavy (non-hydrogen) atoms. The molecule has 2 heterocycles. The number of hydrogen-bond donors (Lipinski definition) is 1. The molecule has 0 saturated heterocycles. The Bertz CT molecular complexity index is 760. The monoisotopic (exact) mass is 286 g/mol. The first-order valence-corrected chi connectivity index (χ1v) is 6.91. The van der Waals surface area contributed by atoms with Crippen LogP contribution in [0.4, 0.5) is 5.95 Å². The minimum atomic E-state index is 0.445. The maximum Gasteiger partial charge on any atom is 0.201 e. The van der Waals surface area contributed by atoms with Crippen LogP contribution in [0.5, 0.6) is 5.75 Å². The second-order valence-corrected chi connectivity index (χ2v) is 4.89. The SMILES string of the molecule is CCCOc1cccc2c1nc(N)n2Cc1nncn1C. The van der Waals surface area contributed by atoms with E-state index < -0.39 is 0 Å². The minimum absolute atomic E-state index is 0.445. The van der Waals surface area contributed by atoms with Gasteiger partial charge in [-0.05, 0) is 18.6 Å². The van der Waals surface area contributed by atoms with Crippen LogP contribution < -0.4 is 10.5 Å². The summed E-state index contributed by atoms with van der Waals surface area (Å²) in [4.78, 5) is 4.43. The Kier molecular flexibility index (Phi) is 3.47. The van der Waals surface area contributed by atoms with Gasteiger partial charge in [-0.1, -0.05) is 13.0 Å². The second-order valence-electron chi connectivity index (χ2n) is 4.89. The van der Waals surface area contributed by atoms with Crippen LogP contribution >= 0.6 is 0 Å². The van der Waals surface area contributed by atoms with Gasteiger partial charge in [-0.2, -0.15) is 0 Å². The molecule has 0 atom stereocenters. The molecule has 0 spiro atoms. The zero-order valence-corrected chi connectivity index (χ0v) is 12.2. The summed E-state index contributed by atoms with van der Waals surface area (Å²) in [5, 5.41) is 7.97. The standard InChI is InChI=1S/C14H18N6O/c1-3-7-21-11-6-4-5-10-13(11)17-14(15)20(10)8-12-18-16-9-19(12)2/h4-6,9H,3,7-8H2,1-2H3,(H2,15,17). The number of imidazole rings is 1. The van der Waals surface area contributed by atoms with Crippen LogP contribution in [0.2, 0.25) is 0 Å². The lowest BCUT2D eigenvalue weighted by atomic mass is 10.3. The third kappa shape index (κ3) is 2.42. The van der Waals surface area contributed by atoms with Crippen LogP contribution in [0.1, 0.15) is 19.2 Å². The highest BCUT2D eigenvalue weighted by atomic mass is 16.5. The molecule has 0 bridgehead atoms. The molecule has 0 saturated carbocycles. The summed E-state index contributed by atoms with van der Waals surface area (Å²) in [6, 6.07) is 5.84. The van der Waals surface area contributed by atoms with Gasteiger partial charge in [0.25, 0.3) is 0 Å². The topological polar surface area (TPSA) is 83.8 Å². The summed E-state index contributed by atoms with van der Waals surface area (Å²) in [5.74, 6) is 2.03. The number of rotatable bonds is 5. The Balaban J connectivity index is 2.03. The van der Waals surface area contributed by atoms with Gasteiger partial charge in [-0.25, -0.2) is 4.98 Å². The molecule has 0 aliphatic carbocycles. The fourth-order valence-electron chi connectivity index (χ4n) is 2.23. The zero-order chi connectivity index (χ0) is 14.8. The molecule has 110 valence electrons. The zero-order valence-electron chi connectivity index (χ0n) is 12.2. The molecule has 3 rings (SSSR count). The number of nitrogens with zero attached hydrogens (tertiary/aromatic N) is 5. The number of aryl methyl sites for hydroxylation is 1. The Labute approximate surface area is 122 Å². The summed E-state index contributed by atoms with van der Waals surface area (Å²) in [5.41, 5.74) is 7.77. The van der Waals surface area contributed by atoms with Crippen LogP contribution in [0.15, 0.2) is 24.5 Å². The molecule has 0 aliphatic heterocycles. The van der Waals surface area contributed by atoms with Crippen LogP contribution in [-0.2, 0) is 13.6 Å². The molecular formula is C14H18N6O. The number of para-hydroxylation sites is 1. The number of aromatic nitrogens is 5. The van der Waals surface area contributed by atoms with Crippen molar-refractivity contribution < 1.29 is 4.74 Å². The van der Waals surface area contributed by atoms with Gasteiger partial charge in [0, 0.05) is 7.05 Å². The molecule has 0 radical (unpaired) electrons. The van der Waals surface area contributed by atoms with E-state index in [0.29, 0.717) is 19.1 Å². The van der Waals surface area contributed by atoms with Crippen molar-refractivity contribution in [2.45, 2.75) is 19.9 Å². The smallest absolute Gasteiger partial charge is 0.201 e. The number of nitrogen functional groups attached to an aromatic ring is 1. The van der Waals surface area contributed by atoms with E-state index in [-0.39, 0.29) is 0 Å². The molecule has 0 fully saturated rings. The van der Waals surface area contributed by atoms with Gasteiger partial charge < -0.3 is 19.6 Å². The third-order valence-corrected chi connectivity index (χ3v) is 3.34. The van der Waals surface area contributed by atoms with E-state index in [0.717, 1.165) is 29.0 Å². The van der Waals surface area contributed by atoms with Crippen LogP contribution in [-0.4, -0.2) is 30.9 Å². The Morgan fingerprint density at radius 2 is 2.19 bits per heavy atom. The lowest BCUT2D eigenvalue weighted by Gasteiger charge is -2.07. The largest absolute Gasteiger partial charge is 0.491 e. The lowest BCUT2D eigenvalue weighted by Crippen LogP contribution is -2.08. The van der Waals surface area contributed by atoms with Gasteiger partial charge >= 0.3 is 0 Å². The van der Waals surface area contributed by atoms with E-state index in [1.54, 1.807) is 6.33 Å². The highest BCUT2D eigenvalue weighted by Gasteiger charge is 2.14. The first kappa shape index (κ1) is 13.4. The molecule has 3 aromatic rings. The fourth-order valence-corrected chi connectivity index (χ4v) is 2.23. The van der Waals surface area contributed by atoms with Crippen molar-refractivity contribution in [2.24, 2.45) is 7.05 Å². The van der Waals surface area contributed by atoms with E-state index in [9.17, 15) is 0 Å². The van der Waals surface area contributed by atoms with Crippen LogP contribution in [0.25, 0.3) is 11.0 Å². The third-order valence-electron chi connectivity index (χ3n) is 3.34. The fraction of sp³-hybridized carbons (Fsp3) is 0.357. The Morgan fingerprint density at radius 1 is 1.33 bits per heavy atom. The van der Waals surface area contributed by atoms with Crippen molar-refractivity contribution in [1.29, 1.82) is 0 Å². The normalized spacial score (nSPS) is 11.1. The van der Waals surface area contributed by atoms with E-state index >= 15 is 0 Å². The number of ether oxygens (including phenoxy) is 1. The average Bonchev–Trinajstić information content (AvgIpc) is 3.02. The van der Waals surface area contributed by atoms with Crippen molar-refractivity contribution in [1.82, 2.24) is 24.3 Å². The van der Waals surface area contributed by atoms with Gasteiger partial charge in [0.1, 0.15) is 17.6 Å². The molecule has 1 aromatic carbocycles. The maximum absolute atomic E-state index is 6.06. The summed E-state index contributed by atoms with van der Waals surface area (Å²) >= 11 is 0. The minimum Gasteiger partial charge on any atom is -0.491 e. The Hall–Kier alpha value is -2.57. The van der Waals surface area contributed by atoms with E-state index in [1.165, 1.54) is 0 Å². The molecule has 2 N–H and O–H groups in total. The molecule has 0 unspecified atom stereocenters. The average molecular weight is 286 g/mol. The van der Waals surface area contributed by atoms with Gasteiger partial charge in [-0.15, -0.1) is 10.2 Å². The summed E-state index contributed by atoms with van der Waals surface area (Å²) in [6.07, 6.45) is 2.62. The van der Waals surface area contributed by atoms with E-state index in [2.05, 4.69) is 22.1 Å². The highest BCUT2D eigenvalue weighted by Crippen LogP contribution is 2.27. The summed E-state index contributed by atoms with van der Waals surface area (Å²) < 4.78 is 9.51. The molecule has 0 aliphatic rings.